The lowest BCUT2D eigenvalue weighted by Crippen LogP contribution is -2.42. The fourth-order valence-electron chi connectivity index (χ4n) is 1.62. The highest BCUT2D eigenvalue weighted by atomic mass is 16.2. The molecule has 1 heterocycles. The largest absolute Gasteiger partial charge is 0.368 e. The topological polar surface area (TPSA) is 92.5 Å². The summed E-state index contributed by atoms with van der Waals surface area (Å²) in [5, 5.41) is 2.36. The van der Waals surface area contributed by atoms with Gasteiger partial charge >= 0.3 is 0 Å². The number of carbonyl (C=O) groups excluding carboxylic acids is 3. The fraction of sp³-hybridized carbons (Fsp3) is 0.700. The van der Waals surface area contributed by atoms with Crippen molar-refractivity contribution in [2.75, 3.05) is 19.6 Å². The second-order valence-electron chi connectivity index (χ2n) is 3.87. The second-order valence-corrected chi connectivity index (χ2v) is 3.87. The zero-order valence-electron chi connectivity index (χ0n) is 9.20. The summed E-state index contributed by atoms with van der Waals surface area (Å²) in [7, 11) is 0. The molecule has 0 aliphatic carbocycles. The molecule has 0 aromatic heterocycles. The normalized spacial score (nSPS) is 16.8. The molecule has 90 valence electrons. The van der Waals surface area contributed by atoms with Crippen LogP contribution in [0.2, 0.25) is 0 Å². The van der Waals surface area contributed by atoms with Crippen LogP contribution in [0.4, 0.5) is 0 Å². The number of carbonyl (C=O) groups is 3. The van der Waals surface area contributed by atoms with Gasteiger partial charge in [0.15, 0.2) is 0 Å². The minimum Gasteiger partial charge on any atom is -0.368 e. The van der Waals surface area contributed by atoms with E-state index < -0.39 is 5.91 Å². The molecule has 0 aromatic carbocycles. The number of hydrogen-bond donors (Lipinski definition) is 2. The van der Waals surface area contributed by atoms with Crippen LogP contribution in [0.1, 0.15) is 25.7 Å². The first kappa shape index (κ1) is 12.5. The predicted molar refractivity (Wildman–Crippen MR) is 57.3 cm³/mol. The van der Waals surface area contributed by atoms with E-state index in [2.05, 4.69) is 5.32 Å². The number of rotatable bonds is 4. The number of nitrogens with one attached hydrogen (secondary N) is 1. The van der Waals surface area contributed by atoms with Gasteiger partial charge < -0.3 is 16.0 Å². The minimum atomic E-state index is -0.587. The van der Waals surface area contributed by atoms with E-state index in [1.54, 1.807) is 0 Å². The molecule has 1 fully saturated rings. The molecule has 3 N–H and O–H groups in total. The van der Waals surface area contributed by atoms with Crippen LogP contribution in [0, 0.1) is 0 Å². The second kappa shape index (κ2) is 6.09. The SMILES string of the molecule is NC(=O)CNC(=O)CN1CCCCCC1=O. The molecule has 1 aliphatic heterocycles. The van der Waals surface area contributed by atoms with Gasteiger partial charge in [-0.2, -0.15) is 0 Å². The van der Waals surface area contributed by atoms with E-state index in [0.29, 0.717) is 13.0 Å². The van der Waals surface area contributed by atoms with Crippen molar-refractivity contribution in [2.24, 2.45) is 5.73 Å². The quantitative estimate of drug-likeness (QED) is 0.644. The zero-order valence-corrected chi connectivity index (χ0v) is 9.20. The summed E-state index contributed by atoms with van der Waals surface area (Å²) in [6.45, 7) is 0.454. The fourth-order valence-corrected chi connectivity index (χ4v) is 1.62. The molecule has 0 spiro atoms. The molecule has 0 aromatic rings. The number of likely N-dealkylation sites (tertiary alicyclic amines) is 1. The highest BCUT2D eigenvalue weighted by molar-refractivity contribution is 5.87. The summed E-state index contributed by atoms with van der Waals surface area (Å²) in [5.41, 5.74) is 4.89. The van der Waals surface area contributed by atoms with Crippen LogP contribution in [-0.2, 0) is 14.4 Å². The van der Waals surface area contributed by atoms with Gasteiger partial charge in [0.2, 0.25) is 17.7 Å². The Bertz CT molecular complexity index is 291. The van der Waals surface area contributed by atoms with Gasteiger partial charge in [0.1, 0.15) is 0 Å². The molecule has 1 aliphatic rings. The van der Waals surface area contributed by atoms with Crippen LogP contribution in [0.3, 0.4) is 0 Å². The Morgan fingerprint density at radius 2 is 2.06 bits per heavy atom. The molecule has 6 heteroatoms. The summed E-state index contributed by atoms with van der Waals surface area (Å²) < 4.78 is 0. The molecule has 16 heavy (non-hydrogen) atoms. The van der Waals surface area contributed by atoms with E-state index in [1.165, 1.54) is 4.90 Å². The van der Waals surface area contributed by atoms with Crippen LogP contribution in [0.25, 0.3) is 0 Å². The van der Waals surface area contributed by atoms with Crippen molar-refractivity contribution in [3.63, 3.8) is 0 Å². The monoisotopic (exact) mass is 227 g/mol. The Morgan fingerprint density at radius 1 is 1.31 bits per heavy atom. The third-order valence-corrected chi connectivity index (χ3v) is 2.47. The first-order valence-electron chi connectivity index (χ1n) is 5.42. The van der Waals surface area contributed by atoms with Gasteiger partial charge in [0.25, 0.3) is 0 Å². The number of amides is 3. The molecule has 0 unspecified atom stereocenters. The van der Waals surface area contributed by atoms with Crippen molar-refractivity contribution >= 4 is 17.7 Å². The van der Waals surface area contributed by atoms with Crippen LogP contribution < -0.4 is 11.1 Å². The zero-order chi connectivity index (χ0) is 12.0. The van der Waals surface area contributed by atoms with Gasteiger partial charge in [-0.1, -0.05) is 6.42 Å². The summed E-state index contributed by atoms with van der Waals surface area (Å²) in [5.74, 6) is -0.920. The lowest BCUT2D eigenvalue weighted by molar-refractivity contribution is -0.135. The van der Waals surface area contributed by atoms with Crippen LogP contribution in [0.15, 0.2) is 0 Å². The van der Waals surface area contributed by atoms with Gasteiger partial charge in [0, 0.05) is 13.0 Å². The molecule has 3 amide bonds. The molecule has 0 bridgehead atoms. The van der Waals surface area contributed by atoms with Gasteiger partial charge in [-0.05, 0) is 12.8 Å². The number of nitrogens with two attached hydrogens (primary N) is 1. The summed E-state index contributed by atoms with van der Waals surface area (Å²) in [6, 6.07) is 0. The Balaban J connectivity index is 2.36. The van der Waals surface area contributed by atoms with Crippen LogP contribution in [0.5, 0.6) is 0 Å². The van der Waals surface area contributed by atoms with Gasteiger partial charge in [0.05, 0.1) is 13.1 Å². The molecular formula is C10H17N3O3. The lowest BCUT2D eigenvalue weighted by Gasteiger charge is -2.19. The van der Waals surface area contributed by atoms with Crippen LogP contribution >= 0.6 is 0 Å². The van der Waals surface area contributed by atoms with E-state index in [0.717, 1.165) is 19.3 Å². The lowest BCUT2D eigenvalue weighted by atomic mass is 10.2. The van der Waals surface area contributed by atoms with Crippen LogP contribution in [-0.4, -0.2) is 42.3 Å². The molecular weight excluding hydrogens is 210 g/mol. The maximum absolute atomic E-state index is 11.5. The molecule has 1 rings (SSSR count). The third-order valence-electron chi connectivity index (χ3n) is 2.47. The predicted octanol–water partition coefficient (Wildman–Crippen LogP) is -1.01. The Morgan fingerprint density at radius 3 is 2.75 bits per heavy atom. The molecule has 0 atom stereocenters. The highest BCUT2D eigenvalue weighted by Gasteiger charge is 2.18. The smallest absolute Gasteiger partial charge is 0.240 e. The number of nitrogens with zero attached hydrogens (tertiary/aromatic N) is 1. The van der Waals surface area contributed by atoms with Gasteiger partial charge in [-0.25, -0.2) is 0 Å². The molecule has 0 saturated carbocycles. The van der Waals surface area contributed by atoms with Crippen molar-refractivity contribution in [1.29, 1.82) is 0 Å². The average Bonchev–Trinajstić information content (AvgIpc) is 2.42. The summed E-state index contributed by atoms with van der Waals surface area (Å²) in [4.78, 5) is 34.9. The van der Waals surface area contributed by atoms with Crippen molar-refractivity contribution < 1.29 is 14.4 Å². The number of primary amides is 1. The molecule has 1 saturated heterocycles. The Labute approximate surface area is 94.2 Å². The van der Waals surface area contributed by atoms with Crippen molar-refractivity contribution in [3.8, 4) is 0 Å². The van der Waals surface area contributed by atoms with E-state index >= 15 is 0 Å². The van der Waals surface area contributed by atoms with Gasteiger partial charge in [-0.15, -0.1) is 0 Å². The van der Waals surface area contributed by atoms with E-state index in [-0.39, 0.29) is 24.9 Å². The first-order chi connectivity index (χ1) is 7.59. The van der Waals surface area contributed by atoms with E-state index in [4.69, 9.17) is 5.73 Å². The Kier molecular flexibility index (Phi) is 4.75. The van der Waals surface area contributed by atoms with Crippen molar-refractivity contribution in [2.45, 2.75) is 25.7 Å². The average molecular weight is 227 g/mol. The van der Waals surface area contributed by atoms with Crippen molar-refractivity contribution in [3.05, 3.63) is 0 Å². The third kappa shape index (κ3) is 4.29. The van der Waals surface area contributed by atoms with Crippen molar-refractivity contribution in [1.82, 2.24) is 10.2 Å². The Hall–Kier alpha value is -1.59. The van der Waals surface area contributed by atoms with E-state index in [1.807, 2.05) is 0 Å². The maximum Gasteiger partial charge on any atom is 0.240 e. The maximum atomic E-state index is 11.5. The van der Waals surface area contributed by atoms with Gasteiger partial charge in [-0.3, -0.25) is 14.4 Å². The highest BCUT2D eigenvalue weighted by Crippen LogP contribution is 2.10. The standard InChI is InChI=1S/C10H17N3O3/c11-8(14)6-12-9(15)7-13-5-3-1-2-4-10(13)16/h1-7H2,(H2,11,14)(H,12,15). The molecule has 6 nitrogen and oxygen atoms in total. The molecule has 0 radical (unpaired) electrons. The number of hydrogen-bond acceptors (Lipinski definition) is 3. The first-order valence-corrected chi connectivity index (χ1v) is 5.42. The summed E-state index contributed by atoms with van der Waals surface area (Å²) >= 11 is 0. The summed E-state index contributed by atoms with van der Waals surface area (Å²) in [6.07, 6.45) is 3.33. The minimum absolute atomic E-state index is 0.00623. The van der Waals surface area contributed by atoms with E-state index in [9.17, 15) is 14.4 Å².